The third-order valence-electron chi connectivity index (χ3n) is 7.41. The number of nitrogens with one attached hydrogen (secondary N) is 1. The monoisotopic (exact) mass is 455 g/mol. The van der Waals surface area contributed by atoms with E-state index in [9.17, 15) is 15.2 Å². The van der Waals surface area contributed by atoms with E-state index < -0.39 is 0 Å². The van der Waals surface area contributed by atoms with Crippen LogP contribution < -0.4 is 0 Å². The molecule has 1 aliphatic carbocycles. The van der Waals surface area contributed by atoms with Gasteiger partial charge in [0.15, 0.2) is 11.6 Å². The van der Waals surface area contributed by atoms with Crippen LogP contribution in [0, 0.1) is 18.3 Å². The highest BCUT2D eigenvalue weighted by Gasteiger charge is 2.29. The number of carbonyl (C=O) groups excluding carboxylic acids is 1. The minimum atomic E-state index is -0.201. The van der Waals surface area contributed by atoms with Crippen molar-refractivity contribution in [2.24, 2.45) is 0 Å². The summed E-state index contributed by atoms with van der Waals surface area (Å²) in [6.45, 7) is 3.14. The van der Waals surface area contributed by atoms with Crippen molar-refractivity contribution in [2.45, 2.75) is 57.5 Å². The fourth-order valence-corrected chi connectivity index (χ4v) is 5.23. The molecule has 2 heterocycles. The number of hydrogen-bond acceptors (Lipinski definition) is 5. The largest absolute Gasteiger partial charge is 0.388 e. The van der Waals surface area contributed by atoms with Crippen LogP contribution in [0.25, 0.3) is 11.4 Å². The molecule has 174 valence electrons. The normalized spacial score (nSPS) is 16.8. The molecule has 1 aromatic heterocycles. The summed E-state index contributed by atoms with van der Waals surface area (Å²) >= 11 is 0. The summed E-state index contributed by atoms with van der Waals surface area (Å²) in [7, 11) is 0. The number of aryl methyl sites for hydroxylation is 1. The summed E-state index contributed by atoms with van der Waals surface area (Å²) in [5.74, 6) is 1.82. The lowest BCUT2D eigenvalue weighted by Gasteiger charge is -2.33. The van der Waals surface area contributed by atoms with Crippen molar-refractivity contribution in [2.75, 3.05) is 13.1 Å². The Morgan fingerprint density at radius 1 is 1.12 bits per heavy atom. The van der Waals surface area contributed by atoms with Gasteiger partial charge in [0, 0.05) is 24.2 Å². The van der Waals surface area contributed by atoms with E-state index in [1.165, 1.54) is 12.0 Å². The number of aliphatic hydroxyl groups excluding tert-OH is 1. The third kappa shape index (κ3) is 4.10. The number of piperidine rings is 1. The van der Waals surface area contributed by atoms with Gasteiger partial charge >= 0.3 is 0 Å². The Bertz CT molecular complexity index is 1250. The van der Waals surface area contributed by atoms with Crippen molar-refractivity contribution in [3.8, 4) is 17.5 Å². The number of aromatic amines is 1. The highest BCUT2D eigenvalue weighted by atomic mass is 16.3. The summed E-state index contributed by atoms with van der Waals surface area (Å²) < 4.78 is 0. The summed E-state index contributed by atoms with van der Waals surface area (Å²) in [6.07, 6.45) is 5.18. The van der Waals surface area contributed by atoms with Crippen LogP contribution in [0.3, 0.4) is 0 Å². The molecule has 5 rings (SSSR count). The average molecular weight is 456 g/mol. The Morgan fingerprint density at radius 2 is 1.85 bits per heavy atom. The van der Waals surface area contributed by atoms with Gasteiger partial charge in [-0.25, -0.2) is 0 Å². The van der Waals surface area contributed by atoms with Crippen LogP contribution in [-0.4, -0.2) is 44.2 Å². The molecule has 0 radical (unpaired) electrons. The van der Waals surface area contributed by atoms with Crippen molar-refractivity contribution in [1.82, 2.24) is 20.1 Å². The highest BCUT2D eigenvalue weighted by Crippen LogP contribution is 2.42. The second-order valence-corrected chi connectivity index (χ2v) is 9.43. The van der Waals surface area contributed by atoms with E-state index in [1.807, 2.05) is 42.2 Å². The predicted molar refractivity (Wildman–Crippen MR) is 128 cm³/mol. The van der Waals surface area contributed by atoms with E-state index in [4.69, 9.17) is 0 Å². The Hall–Kier alpha value is -3.50. The van der Waals surface area contributed by atoms with Gasteiger partial charge in [-0.3, -0.25) is 4.79 Å². The number of aliphatic hydroxyl groups is 1. The molecule has 1 aliphatic heterocycles. The first-order valence-electron chi connectivity index (χ1n) is 12.0. The van der Waals surface area contributed by atoms with Crippen LogP contribution in [0.4, 0.5) is 0 Å². The van der Waals surface area contributed by atoms with Gasteiger partial charge in [-0.05, 0) is 73.3 Å². The molecule has 0 atom stereocenters. The molecule has 2 aromatic carbocycles. The minimum Gasteiger partial charge on any atom is -0.388 e. The predicted octanol–water partition coefficient (Wildman–Crippen LogP) is 4.43. The van der Waals surface area contributed by atoms with E-state index in [1.54, 1.807) is 0 Å². The lowest BCUT2D eigenvalue weighted by molar-refractivity contribution is 0.0712. The van der Waals surface area contributed by atoms with Gasteiger partial charge in [0.1, 0.15) is 6.61 Å². The summed E-state index contributed by atoms with van der Waals surface area (Å²) in [5.41, 5.74) is 5.60. The van der Waals surface area contributed by atoms with Gasteiger partial charge in [-0.15, -0.1) is 10.2 Å². The fourth-order valence-electron chi connectivity index (χ4n) is 5.23. The van der Waals surface area contributed by atoms with Gasteiger partial charge in [0.25, 0.3) is 5.91 Å². The fraction of sp³-hybridized carbons (Fsp3) is 0.407. The molecular weight excluding hydrogens is 426 g/mol. The van der Waals surface area contributed by atoms with E-state index in [2.05, 4.69) is 27.3 Å². The van der Waals surface area contributed by atoms with Gasteiger partial charge in [0.05, 0.1) is 11.6 Å². The topological polar surface area (TPSA) is 106 Å². The number of nitriles is 1. The smallest absolute Gasteiger partial charge is 0.254 e. The van der Waals surface area contributed by atoms with Gasteiger partial charge in [0.2, 0.25) is 0 Å². The molecule has 1 amide bonds. The van der Waals surface area contributed by atoms with Crippen LogP contribution in [0.1, 0.15) is 82.4 Å². The first-order valence-corrected chi connectivity index (χ1v) is 12.0. The molecule has 3 aromatic rings. The summed E-state index contributed by atoms with van der Waals surface area (Å²) in [4.78, 5) is 18.6. The number of benzene rings is 2. The molecule has 2 fully saturated rings. The summed E-state index contributed by atoms with van der Waals surface area (Å²) in [5, 5.41) is 27.1. The van der Waals surface area contributed by atoms with Crippen molar-refractivity contribution >= 4 is 5.91 Å². The Labute approximate surface area is 199 Å². The summed E-state index contributed by atoms with van der Waals surface area (Å²) in [6, 6.07) is 14.2. The third-order valence-corrected chi connectivity index (χ3v) is 7.41. The number of amides is 1. The molecule has 0 spiro atoms. The quantitative estimate of drug-likeness (QED) is 0.592. The Kier molecular flexibility index (Phi) is 6.16. The van der Waals surface area contributed by atoms with Crippen LogP contribution in [0.2, 0.25) is 0 Å². The maximum absolute atomic E-state index is 13.6. The zero-order valence-corrected chi connectivity index (χ0v) is 19.4. The standard InChI is InChI=1S/C27H29N5O2/c1-17-13-23(18-6-4-7-18)24(26-29-25(16-33)30-31-26)14-22(17)27(34)32-11-9-19(10-12-32)21-8-3-2-5-20(21)15-28/h2-3,5,8,13-14,18-19,33H,4,6-7,9-12,16H2,1H3,(H,29,30,31). The number of aromatic nitrogens is 3. The molecule has 7 nitrogen and oxygen atoms in total. The maximum Gasteiger partial charge on any atom is 0.254 e. The number of nitrogens with zero attached hydrogens (tertiary/aromatic N) is 4. The lowest BCUT2D eigenvalue weighted by atomic mass is 9.77. The number of rotatable bonds is 5. The SMILES string of the molecule is Cc1cc(C2CCC2)c(-c2nnc(CO)[nH]2)cc1C(=O)N1CCC(c2ccccc2C#N)CC1. The Morgan fingerprint density at radius 3 is 2.50 bits per heavy atom. The van der Waals surface area contributed by atoms with Gasteiger partial charge in [-0.1, -0.05) is 30.7 Å². The second-order valence-electron chi connectivity index (χ2n) is 9.43. The highest BCUT2D eigenvalue weighted by molar-refractivity contribution is 5.97. The molecule has 0 bridgehead atoms. The first kappa shape index (κ1) is 22.3. The number of H-pyrrole nitrogens is 1. The first-order chi connectivity index (χ1) is 16.6. The van der Waals surface area contributed by atoms with Gasteiger partial charge < -0.3 is 15.0 Å². The van der Waals surface area contributed by atoms with Crippen LogP contribution >= 0.6 is 0 Å². The van der Waals surface area contributed by atoms with Crippen molar-refractivity contribution < 1.29 is 9.90 Å². The van der Waals surface area contributed by atoms with Crippen LogP contribution in [0.15, 0.2) is 36.4 Å². The lowest BCUT2D eigenvalue weighted by Crippen LogP contribution is -2.38. The van der Waals surface area contributed by atoms with E-state index in [0.29, 0.717) is 42.1 Å². The minimum absolute atomic E-state index is 0.0350. The number of likely N-dealkylation sites (tertiary alicyclic amines) is 1. The van der Waals surface area contributed by atoms with Crippen LogP contribution in [0.5, 0.6) is 0 Å². The molecular formula is C27H29N5O2. The van der Waals surface area contributed by atoms with Crippen molar-refractivity contribution in [3.05, 3.63) is 70.0 Å². The second kappa shape index (κ2) is 9.40. The van der Waals surface area contributed by atoms with Crippen LogP contribution in [-0.2, 0) is 6.61 Å². The molecule has 2 aliphatic rings. The maximum atomic E-state index is 13.6. The van der Waals surface area contributed by atoms with Crippen molar-refractivity contribution in [3.63, 3.8) is 0 Å². The molecule has 34 heavy (non-hydrogen) atoms. The van der Waals surface area contributed by atoms with E-state index in [-0.39, 0.29) is 12.5 Å². The molecule has 1 saturated carbocycles. The molecule has 1 saturated heterocycles. The molecule has 7 heteroatoms. The number of carbonyl (C=O) groups is 1. The zero-order chi connectivity index (χ0) is 23.7. The molecule has 0 unspecified atom stereocenters. The van der Waals surface area contributed by atoms with Gasteiger partial charge in [-0.2, -0.15) is 5.26 Å². The van der Waals surface area contributed by atoms with E-state index in [0.717, 1.165) is 47.9 Å². The van der Waals surface area contributed by atoms with E-state index >= 15 is 0 Å². The molecule has 2 N–H and O–H groups in total. The zero-order valence-electron chi connectivity index (χ0n) is 19.4. The average Bonchev–Trinajstić information content (AvgIpc) is 3.32. The Balaban J connectivity index is 1.40. The van der Waals surface area contributed by atoms with Crippen molar-refractivity contribution in [1.29, 1.82) is 5.26 Å². The number of hydrogen-bond donors (Lipinski definition) is 2.